The quantitative estimate of drug-likeness (QED) is 0.815. The van der Waals surface area contributed by atoms with E-state index in [-0.39, 0.29) is 6.61 Å². The second kappa shape index (κ2) is 7.48. The van der Waals surface area contributed by atoms with Crippen molar-refractivity contribution in [3.05, 3.63) is 29.8 Å². The molecule has 1 atom stereocenters. The summed E-state index contributed by atoms with van der Waals surface area (Å²) in [4.78, 5) is 2.45. The molecule has 1 heterocycles. The highest BCUT2D eigenvalue weighted by Gasteiger charge is 2.21. The van der Waals surface area contributed by atoms with Crippen LogP contribution >= 0.6 is 0 Å². The van der Waals surface area contributed by atoms with E-state index in [4.69, 9.17) is 4.74 Å². The Morgan fingerprint density at radius 2 is 1.95 bits per heavy atom. The Bertz CT molecular complexity index is 361. The first-order valence-electron chi connectivity index (χ1n) is 7.13. The van der Waals surface area contributed by atoms with Gasteiger partial charge in [-0.1, -0.05) is 12.1 Å². The average Bonchev–Trinajstić information content (AvgIpc) is 2.47. The second-order valence-electron chi connectivity index (χ2n) is 4.82. The fourth-order valence-electron chi connectivity index (χ4n) is 2.63. The normalized spacial score (nSPS) is 18.2. The molecule has 0 saturated carbocycles. The summed E-state index contributed by atoms with van der Waals surface area (Å²) in [6.45, 7) is 7.04. The number of piperazine rings is 1. The van der Waals surface area contributed by atoms with Crippen molar-refractivity contribution in [3.63, 3.8) is 0 Å². The lowest BCUT2D eigenvalue weighted by molar-refractivity contribution is 0.141. The standard InChI is InChI=1S/C15H24N2O2/c1-2-19-14-5-3-13(4-6-14)15(7-12-18)17-10-8-16-9-11-17/h3-6,15-16,18H,2,7-12H2,1H3/t15-/m1/s1. The van der Waals surface area contributed by atoms with Crippen LogP contribution in [0.15, 0.2) is 24.3 Å². The minimum atomic E-state index is 0.224. The van der Waals surface area contributed by atoms with Gasteiger partial charge in [-0.3, -0.25) is 4.90 Å². The first-order valence-corrected chi connectivity index (χ1v) is 7.13. The van der Waals surface area contributed by atoms with Gasteiger partial charge in [0.05, 0.1) is 6.61 Å². The van der Waals surface area contributed by atoms with Crippen LogP contribution in [-0.2, 0) is 0 Å². The summed E-state index contributed by atoms with van der Waals surface area (Å²) in [5.74, 6) is 0.911. The Kier molecular flexibility index (Phi) is 5.63. The Morgan fingerprint density at radius 1 is 1.26 bits per heavy atom. The molecular formula is C15H24N2O2. The van der Waals surface area contributed by atoms with Crippen molar-refractivity contribution in [2.75, 3.05) is 39.4 Å². The third-order valence-electron chi connectivity index (χ3n) is 3.57. The molecule has 4 heteroatoms. The molecule has 2 N–H and O–H groups in total. The molecule has 1 aromatic rings. The molecule has 0 bridgehead atoms. The van der Waals surface area contributed by atoms with E-state index in [9.17, 15) is 5.11 Å². The maximum Gasteiger partial charge on any atom is 0.119 e. The fourth-order valence-corrected chi connectivity index (χ4v) is 2.63. The highest BCUT2D eigenvalue weighted by molar-refractivity contribution is 5.29. The summed E-state index contributed by atoms with van der Waals surface area (Å²) in [7, 11) is 0. The van der Waals surface area contributed by atoms with Crippen LogP contribution in [0.1, 0.15) is 24.9 Å². The molecular weight excluding hydrogens is 240 g/mol. The third-order valence-corrected chi connectivity index (χ3v) is 3.57. The van der Waals surface area contributed by atoms with Gasteiger partial charge in [0.25, 0.3) is 0 Å². The predicted octanol–water partition coefficient (Wildman–Crippen LogP) is 1.41. The molecule has 1 aliphatic rings. The van der Waals surface area contributed by atoms with Crippen molar-refractivity contribution < 1.29 is 9.84 Å². The van der Waals surface area contributed by atoms with Gasteiger partial charge in [0.2, 0.25) is 0 Å². The van der Waals surface area contributed by atoms with Crippen molar-refractivity contribution in [3.8, 4) is 5.75 Å². The van der Waals surface area contributed by atoms with Crippen LogP contribution < -0.4 is 10.1 Å². The van der Waals surface area contributed by atoms with Gasteiger partial charge in [-0.2, -0.15) is 0 Å². The number of ether oxygens (including phenoxy) is 1. The van der Waals surface area contributed by atoms with Crippen LogP contribution in [0.5, 0.6) is 5.75 Å². The zero-order chi connectivity index (χ0) is 13.5. The molecule has 0 unspecified atom stereocenters. The van der Waals surface area contributed by atoms with Crippen LogP contribution in [0.4, 0.5) is 0 Å². The summed E-state index contributed by atoms with van der Waals surface area (Å²) in [6.07, 6.45) is 0.786. The summed E-state index contributed by atoms with van der Waals surface area (Å²) < 4.78 is 5.47. The minimum Gasteiger partial charge on any atom is -0.494 e. The third kappa shape index (κ3) is 3.93. The maximum atomic E-state index is 9.30. The minimum absolute atomic E-state index is 0.224. The Hall–Kier alpha value is -1.10. The van der Waals surface area contributed by atoms with Crippen molar-refractivity contribution >= 4 is 0 Å². The van der Waals surface area contributed by atoms with Crippen molar-refractivity contribution in [2.24, 2.45) is 0 Å². The first kappa shape index (κ1) is 14.3. The van der Waals surface area contributed by atoms with E-state index >= 15 is 0 Å². The summed E-state index contributed by atoms with van der Waals surface area (Å²) in [5, 5.41) is 12.7. The summed E-state index contributed by atoms with van der Waals surface area (Å²) >= 11 is 0. The molecule has 1 fully saturated rings. The van der Waals surface area contributed by atoms with E-state index in [1.807, 2.05) is 19.1 Å². The molecule has 0 spiro atoms. The molecule has 0 radical (unpaired) electrons. The smallest absolute Gasteiger partial charge is 0.119 e. The van der Waals surface area contributed by atoms with Crippen molar-refractivity contribution in [1.29, 1.82) is 0 Å². The van der Waals surface area contributed by atoms with Gasteiger partial charge in [-0.15, -0.1) is 0 Å². The SMILES string of the molecule is CCOc1ccc([C@@H](CCO)N2CCNCC2)cc1. The summed E-state index contributed by atoms with van der Waals surface area (Å²) in [6, 6.07) is 8.58. The number of benzene rings is 1. The molecule has 1 aliphatic heterocycles. The largest absolute Gasteiger partial charge is 0.494 e. The predicted molar refractivity (Wildman–Crippen MR) is 76.5 cm³/mol. The van der Waals surface area contributed by atoms with Gasteiger partial charge >= 0.3 is 0 Å². The lowest BCUT2D eigenvalue weighted by Crippen LogP contribution is -2.45. The zero-order valence-corrected chi connectivity index (χ0v) is 11.6. The number of aliphatic hydroxyl groups is 1. The Balaban J connectivity index is 2.08. The number of hydrogen-bond acceptors (Lipinski definition) is 4. The lowest BCUT2D eigenvalue weighted by atomic mass is 10.0. The van der Waals surface area contributed by atoms with Gasteiger partial charge in [-0.25, -0.2) is 0 Å². The van der Waals surface area contributed by atoms with Gasteiger partial charge in [0.1, 0.15) is 5.75 Å². The number of nitrogens with zero attached hydrogens (tertiary/aromatic N) is 1. The van der Waals surface area contributed by atoms with E-state index in [2.05, 4.69) is 22.3 Å². The highest BCUT2D eigenvalue weighted by Crippen LogP contribution is 2.26. The monoisotopic (exact) mass is 264 g/mol. The van der Waals surface area contributed by atoms with E-state index < -0.39 is 0 Å². The average molecular weight is 264 g/mol. The molecule has 19 heavy (non-hydrogen) atoms. The van der Waals surface area contributed by atoms with Gasteiger partial charge in [0, 0.05) is 38.8 Å². The molecule has 0 amide bonds. The van der Waals surface area contributed by atoms with Crippen molar-refractivity contribution in [2.45, 2.75) is 19.4 Å². The molecule has 0 aromatic heterocycles. The second-order valence-corrected chi connectivity index (χ2v) is 4.82. The van der Waals surface area contributed by atoms with Crippen LogP contribution in [-0.4, -0.2) is 49.4 Å². The van der Waals surface area contributed by atoms with Gasteiger partial charge in [0.15, 0.2) is 0 Å². The van der Waals surface area contributed by atoms with Crippen LogP contribution in [0.3, 0.4) is 0 Å². The number of nitrogens with one attached hydrogen (secondary N) is 1. The van der Waals surface area contributed by atoms with Gasteiger partial charge < -0.3 is 15.2 Å². The van der Waals surface area contributed by atoms with E-state index in [1.165, 1.54) is 5.56 Å². The topological polar surface area (TPSA) is 44.7 Å². The van der Waals surface area contributed by atoms with Crippen LogP contribution in [0.2, 0.25) is 0 Å². The molecule has 106 valence electrons. The number of aliphatic hydroxyl groups excluding tert-OH is 1. The van der Waals surface area contributed by atoms with Crippen molar-refractivity contribution in [1.82, 2.24) is 10.2 Å². The van der Waals surface area contributed by atoms with E-state index in [0.29, 0.717) is 12.6 Å². The highest BCUT2D eigenvalue weighted by atomic mass is 16.5. The molecule has 1 saturated heterocycles. The fraction of sp³-hybridized carbons (Fsp3) is 0.600. The Labute approximate surface area is 115 Å². The van der Waals surface area contributed by atoms with Crippen LogP contribution in [0, 0.1) is 0 Å². The van der Waals surface area contributed by atoms with E-state index in [0.717, 1.165) is 38.3 Å². The van der Waals surface area contributed by atoms with Crippen LogP contribution in [0.25, 0.3) is 0 Å². The molecule has 1 aromatic carbocycles. The molecule has 4 nitrogen and oxygen atoms in total. The lowest BCUT2D eigenvalue weighted by Gasteiger charge is -2.35. The first-order chi connectivity index (χ1) is 9.35. The van der Waals surface area contributed by atoms with E-state index in [1.54, 1.807) is 0 Å². The Morgan fingerprint density at radius 3 is 2.53 bits per heavy atom. The zero-order valence-electron chi connectivity index (χ0n) is 11.6. The summed E-state index contributed by atoms with van der Waals surface area (Å²) in [5.41, 5.74) is 1.26. The number of rotatable bonds is 6. The van der Waals surface area contributed by atoms with Gasteiger partial charge in [-0.05, 0) is 31.0 Å². The maximum absolute atomic E-state index is 9.30. The number of hydrogen-bond donors (Lipinski definition) is 2. The molecule has 2 rings (SSSR count). The molecule has 0 aliphatic carbocycles.